The van der Waals surface area contributed by atoms with Crippen LogP contribution in [0.4, 0.5) is 0 Å². The maximum Gasteiger partial charge on any atom is 0.200 e. The summed E-state index contributed by atoms with van der Waals surface area (Å²) in [5.41, 5.74) is 1.70. The summed E-state index contributed by atoms with van der Waals surface area (Å²) in [4.78, 5) is 0.362. The summed E-state index contributed by atoms with van der Waals surface area (Å²) in [7, 11) is 0.133. The summed E-state index contributed by atoms with van der Waals surface area (Å²) < 4.78 is 29.1. The summed E-state index contributed by atoms with van der Waals surface area (Å²) in [5.74, 6) is 0.571. The normalized spacial score (nSPS) is 16.2. The van der Waals surface area contributed by atoms with Crippen molar-refractivity contribution in [1.29, 1.82) is 0 Å². The lowest BCUT2D eigenvalue weighted by atomic mass is 10.0. The Balaban J connectivity index is 2.33. The third-order valence-corrected chi connectivity index (χ3v) is 4.56. The van der Waals surface area contributed by atoms with E-state index in [9.17, 15) is 8.42 Å². The molecule has 1 aliphatic rings. The predicted molar refractivity (Wildman–Crippen MR) is 71.3 cm³/mol. The van der Waals surface area contributed by atoms with Gasteiger partial charge in [0.05, 0.1) is 12.0 Å². The molecule has 0 saturated heterocycles. The Kier molecular flexibility index (Phi) is 3.73. The maximum atomic E-state index is 12.0. The van der Waals surface area contributed by atoms with E-state index in [1.165, 1.54) is 12.5 Å². The van der Waals surface area contributed by atoms with Crippen molar-refractivity contribution < 1.29 is 13.2 Å². The molecule has 0 radical (unpaired) electrons. The van der Waals surface area contributed by atoms with E-state index in [-0.39, 0.29) is 0 Å². The summed E-state index contributed by atoms with van der Waals surface area (Å²) in [5, 5.41) is 4.44. The number of methoxy groups -OCH3 is 1. The fourth-order valence-corrected chi connectivity index (χ4v) is 3.63. The average Bonchev–Trinajstić information content (AvgIpc) is 2.61. The van der Waals surface area contributed by atoms with Crippen LogP contribution in [0, 0.1) is 0 Å². The van der Waals surface area contributed by atoms with Crippen LogP contribution in [0.15, 0.2) is 28.5 Å². The molecule has 18 heavy (non-hydrogen) atoms. The van der Waals surface area contributed by atoms with Crippen molar-refractivity contribution in [3.63, 3.8) is 0 Å². The van der Waals surface area contributed by atoms with Gasteiger partial charge in [-0.1, -0.05) is 0 Å². The lowest BCUT2D eigenvalue weighted by Gasteiger charge is -2.06. The van der Waals surface area contributed by atoms with Crippen molar-refractivity contribution >= 4 is 15.4 Å². The molecule has 2 rings (SSSR count). The first kappa shape index (κ1) is 13.1. The van der Waals surface area contributed by atoms with Crippen molar-refractivity contribution in [3.05, 3.63) is 29.2 Å². The quantitative estimate of drug-likeness (QED) is 0.827. The molecule has 1 aromatic carbocycles. The molecular weight excluding hydrogens is 250 g/mol. The number of sulfone groups is 1. The molecular formula is C13H17NO3S. The van der Waals surface area contributed by atoms with Crippen LogP contribution in [-0.4, -0.2) is 29.1 Å². The number of rotatable bonds is 5. The van der Waals surface area contributed by atoms with Crippen LogP contribution in [0.3, 0.4) is 0 Å². The van der Waals surface area contributed by atoms with Gasteiger partial charge < -0.3 is 10.1 Å². The highest BCUT2D eigenvalue weighted by atomic mass is 32.2. The van der Waals surface area contributed by atoms with Gasteiger partial charge in [0.25, 0.3) is 0 Å². The lowest BCUT2D eigenvalue weighted by Crippen LogP contribution is -2.07. The van der Waals surface area contributed by atoms with Crippen LogP contribution in [0.1, 0.15) is 18.4 Å². The largest absolute Gasteiger partial charge is 0.497 e. The van der Waals surface area contributed by atoms with Crippen molar-refractivity contribution in [1.82, 2.24) is 5.32 Å². The van der Waals surface area contributed by atoms with E-state index >= 15 is 0 Å². The molecule has 1 N–H and O–H groups in total. The van der Waals surface area contributed by atoms with Gasteiger partial charge in [0.1, 0.15) is 5.75 Å². The topological polar surface area (TPSA) is 55.4 Å². The Morgan fingerprint density at radius 1 is 1.33 bits per heavy atom. The number of allylic oxidation sites excluding steroid dienone is 1. The number of ether oxygens (including phenoxy) is 1. The van der Waals surface area contributed by atoms with Crippen molar-refractivity contribution in [3.8, 4) is 5.75 Å². The number of hydrogen-bond donors (Lipinski definition) is 1. The van der Waals surface area contributed by atoms with E-state index in [0.29, 0.717) is 10.6 Å². The van der Waals surface area contributed by atoms with Crippen LogP contribution in [-0.2, 0) is 9.84 Å². The first-order valence-electron chi connectivity index (χ1n) is 5.87. The van der Waals surface area contributed by atoms with Gasteiger partial charge in [-0.3, -0.25) is 0 Å². The number of fused-ring (bicyclic) bond motifs is 1. The Bertz CT molecular complexity index is 576. The molecule has 0 aliphatic carbocycles. The van der Waals surface area contributed by atoms with E-state index in [2.05, 4.69) is 5.32 Å². The highest BCUT2D eigenvalue weighted by Crippen LogP contribution is 2.37. The summed E-state index contributed by atoms with van der Waals surface area (Å²) in [6.07, 6.45) is 1.68. The fourth-order valence-electron chi connectivity index (χ4n) is 2.09. The summed E-state index contributed by atoms with van der Waals surface area (Å²) in [6, 6.07) is 5.21. The molecule has 98 valence electrons. The summed E-state index contributed by atoms with van der Waals surface area (Å²) in [6.45, 7) is 0.878. The highest BCUT2D eigenvalue weighted by molar-refractivity contribution is 7.95. The minimum Gasteiger partial charge on any atom is -0.497 e. The molecule has 5 heteroatoms. The van der Waals surface area contributed by atoms with E-state index in [1.807, 2.05) is 13.1 Å². The monoisotopic (exact) mass is 267 g/mol. The molecule has 1 heterocycles. The molecule has 4 nitrogen and oxygen atoms in total. The fraction of sp³-hybridized carbons (Fsp3) is 0.385. The highest BCUT2D eigenvalue weighted by Gasteiger charge is 2.26. The van der Waals surface area contributed by atoms with Crippen LogP contribution < -0.4 is 10.1 Å². The van der Waals surface area contributed by atoms with Crippen LogP contribution in [0.2, 0.25) is 0 Å². The Morgan fingerprint density at radius 2 is 2.11 bits per heavy atom. The van der Waals surface area contributed by atoms with Crippen LogP contribution >= 0.6 is 0 Å². The molecule has 1 aromatic rings. The van der Waals surface area contributed by atoms with Gasteiger partial charge in [-0.25, -0.2) is 8.42 Å². The predicted octanol–water partition coefficient (Wildman–Crippen LogP) is 1.82. The molecule has 0 saturated carbocycles. The standard InChI is InChI=1S/C13H17NO3S/c1-14-7-3-4-10-9-18(15,16)13-8-11(17-2)5-6-12(10)13/h5-6,8-9,14H,3-4,7H2,1-2H3. The zero-order valence-electron chi connectivity index (χ0n) is 10.6. The van der Waals surface area contributed by atoms with Gasteiger partial charge in [-0.15, -0.1) is 0 Å². The second kappa shape index (κ2) is 5.12. The van der Waals surface area contributed by atoms with Gasteiger partial charge in [0.2, 0.25) is 9.84 Å². The minimum absolute atomic E-state index is 0.362. The third-order valence-electron chi connectivity index (χ3n) is 3.01. The molecule has 1 aliphatic heterocycles. The molecule has 0 amide bonds. The average molecular weight is 267 g/mol. The molecule has 0 unspecified atom stereocenters. The minimum atomic E-state index is -3.29. The SMILES string of the molecule is CNCCCC1=CS(=O)(=O)c2cc(OC)ccc21. The number of nitrogens with one attached hydrogen (secondary N) is 1. The van der Waals surface area contributed by atoms with Gasteiger partial charge in [-0.2, -0.15) is 0 Å². The molecule has 0 atom stereocenters. The van der Waals surface area contributed by atoms with Crippen LogP contribution in [0.5, 0.6) is 5.75 Å². The zero-order valence-corrected chi connectivity index (χ0v) is 11.4. The lowest BCUT2D eigenvalue weighted by molar-refractivity contribution is 0.413. The molecule has 0 aromatic heterocycles. The van der Waals surface area contributed by atoms with Gasteiger partial charge in [-0.05, 0) is 55.8 Å². The van der Waals surface area contributed by atoms with E-state index in [4.69, 9.17) is 4.74 Å². The van der Waals surface area contributed by atoms with E-state index < -0.39 is 9.84 Å². The first-order valence-corrected chi connectivity index (χ1v) is 7.42. The van der Waals surface area contributed by atoms with Crippen LogP contribution in [0.25, 0.3) is 5.57 Å². The number of benzene rings is 1. The summed E-state index contributed by atoms with van der Waals surface area (Å²) >= 11 is 0. The zero-order chi connectivity index (χ0) is 13.2. The molecule has 0 fully saturated rings. The Morgan fingerprint density at radius 3 is 2.78 bits per heavy atom. The van der Waals surface area contributed by atoms with E-state index in [0.717, 1.165) is 30.5 Å². The van der Waals surface area contributed by atoms with Crippen molar-refractivity contribution in [2.45, 2.75) is 17.7 Å². The van der Waals surface area contributed by atoms with Crippen molar-refractivity contribution in [2.24, 2.45) is 0 Å². The Labute approximate surface area is 108 Å². The van der Waals surface area contributed by atoms with Gasteiger partial charge in [0.15, 0.2) is 0 Å². The first-order chi connectivity index (χ1) is 8.58. The smallest absolute Gasteiger partial charge is 0.200 e. The second-order valence-electron chi connectivity index (χ2n) is 4.26. The molecule has 0 spiro atoms. The molecule has 0 bridgehead atoms. The Hall–Kier alpha value is -1.33. The number of hydrogen-bond acceptors (Lipinski definition) is 4. The third kappa shape index (κ3) is 2.42. The van der Waals surface area contributed by atoms with Crippen molar-refractivity contribution in [2.75, 3.05) is 20.7 Å². The van der Waals surface area contributed by atoms with Gasteiger partial charge >= 0.3 is 0 Å². The maximum absolute atomic E-state index is 12.0. The second-order valence-corrected chi connectivity index (χ2v) is 6.02. The van der Waals surface area contributed by atoms with Gasteiger partial charge in [0, 0.05) is 5.41 Å². The van der Waals surface area contributed by atoms with E-state index in [1.54, 1.807) is 12.1 Å².